The van der Waals surface area contributed by atoms with Gasteiger partial charge in [0.2, 0.25) is 0 Å². The standard InChI is InChI=1S/C23H24O5/c1-3-27-21-13-15(5-9-19(21)24)11-17-7-8-18(23(17)26)12-16-6-10-20(25)22(14-16)28-4-2/h5-6,9-14,24-25H,3-4,7-8H2,1-2H3. The first-order valence-electron chi connectivity index (χ1n) is 9.39. The number of Topliss-reactive ketones (excluding diaryl/α,β-unsaturated/α-hetero) is 1. The first-order chi connectivity index (χ1) is 13.5. The zero-order valence-electron chi connectivity index (χ0n) is 16.1. The van der Waals surface area contributed by atoms with Gasteiger partial charge in [0.25, 0.3) is 0 Å². The second-order valence-electron chi connectivity index (χ2n) is 6.49. The van der Waals surface area contributed by atoms with Gasteiger partial charge in [-0.1, -0.05) is 12.1 Å². The van der Waals surface area contributed by atoms with Crippen molar-refractivity contribution >= 4 is 17.9 Å². The zero-order valence-corrected chi connectivity index (χ0v) is 16.1. The van der Waals surface area contributed by atoms with Crippen molar-refractivity contribution in [1.29, 1.82) is 0 Å². The lowest BCUT2D eigenvalue weighted by molar-refractivity contribution is -0.111. The van der Waals surface area contributed by atoms with E-state index in [0.29, 0.717) is 37.6 Å². The summed E-state index contributed by atoms with van der Waals surface area (Å²) in [6.07, 6.45) is 5.00. The minimum atomic E-state index is 0.0112. The number of phenols is 2. The van der Waals surface area contributed by atoms with Crippen LogP contribution in [0.15, 0.2) is 47.5 Å². The summed E-state index contributed by atoms with van der Waals surface area (Å²) in [5.41, 5.74) is 3.08. The predicted octanol–water partition coefficient (Wildman–Crippen LogP) is 4.73. The Morgan fingerprint density at radius 3 is 1.64 bits per heavy atom. The van der Waals surface area contributed by atoms with Crippen LogP contribution in [-0.4, -0.2) is 29.2 Å². The van der Waals surface area contributed by atoms with Crippen molar-refractivity contribution in [2.75, 3.05) is 13.2 Å². The van der Waals surface area contributed by atoms with E-state index >= 15 is 0 Å². The normalized spacial score (nSPS) is 16.7. The van der Waals surface area contributed by atoms with Crippen LogP contribution in [0.25, 0.3) is 12.2 Å². The number of ether oxygens (including phenoxy) is 2. The number of benzene rings is 2. The molecule has 0 aromatic heterocycles. The first kappa shape index (κ1) is 19.5. The van der Waals surface area contributed by atoms with E-state index in [4.69, 9.17) is 9.47 Å². The van der Waals surface area contributed by atoms with Crippen LogP contribution < -0.4 is 9.47 Å². The molecule has 5 heteroatoms. The van der Waals surface area contributed by atoms with Gasteiger partial charge in [-0.15, -0.1) is 0 Å². The van der Waals surface area contributed by atoms with E-state index in [1.54, 1.807) is 36.4 Å². The molecule has 0 atom stereocenters. The molecule has 1 fully saturated rings. The van der Waals surface area contributed by atoms with Crippen molar-refractivity contribution in [2.45, 2.75) is 26.7 Å². The Bertz CT molecular complexity index is 865. The molecule has 0 radical (unpaired) electrons. The Balaban J connectivity index is 1.83. The summed E-state index contributed by atoms with van der Waals surface area (Å²) in [5.74, 6) is 0.993. The molecule has 0 saturated heterocycles. The van der Waals surface area contributed by atoms with Gasteiger partial charge in [0.15, 0.2) is 28.8 Å². The number of rotatable bonds is 6. The Morgan fingerprint density at radius 2 is 1.25 bits per heavy atom. The van der Waals surface area contributed by atoms with Gasteiger partial charge >= 0.3 is 0 Å². The highest BCUT2D eigenvalue weighted by Gasteiger charge is 2.23. The van der Waals surface area contributed by atoms with Crippen LogP contribution in [0.4, 0.5) is 0 Å². The number of carbonyl (C=O) groups excluding carboxylic acids is 1. The summed E-state index contributed by atoms with van der Waals surface area (Å²) in [6, 6.07) is 10.1. The van der Waals surface area contributed by atoms with E-state index in [0.717, 1.165) is 22.3 Å². The van der Waals surface area contributed by atoms with Crippen molar-refractivity contribution in [3.05, 3.63) is 58.7 Å². The molecule has 0 bridgehead atoms. The van der Waals surface area contributed by atoms with E-state index in [1.807, 2.05) is 26.0 Å². The average Bonchev–Trinajstić information content (AvgIpc) is 3.01. The summed E-state index contributed by atoms with van der Waals surface area (Å²) in [7, 11) is 0. The molecule has 0 unspecified atom stereocenters. The molecular weight excluding hydrogens is 356 g/mol. The minimum Gasteiger partial charge on any atom is -0.504 e. The van der Waals surface area contributed by atoms with Gasteiger partial charge in [-0.2, -0.15) is 0 Å². The largest absolute Gasteiger partial charge is 0.504 e. The van der Waals surface area contributed by atoms with Crippen molar-refractivity contribution in [3.63, 3.8) is 0 Å². The monoisotopic (exact) mass is 380 g/mol. The lowest BCUT2D eigenvalue weighted by Crippen LogP contribution is -1.96. The molecule has 3 rings (SSSR count). The van der Waals surface area contributed by atoms with Crippen molar-refractivity contribution in [3.8, 4) is 23.0 Å². The van der Waals surface area contributed by atoms with Crippen LogP contribution >= 0.6 is 0 Å². The topological polar surface area (TPSA) is 76.0 Å². The molecule has 2 aromatic rings. The third kappa shape index (κ3) is 4.36. The molecule has 0 heterocycles. The van der Waals surface area contributed by atoms with Crippen LogP contribution in [0.2, 0.25) is 0 Å². The van der Waals surface area contributed by atoms with Gasteiger partial charge in [0.05, 0.1) is 13.2 Å². The molecule has 0 aliphatic heterocycles. The molecule has 5 nitrogen and oxygen atoms in total. The fraction of sp³-hybridized carbons (Fsp3) is 0.261. The van der Waals surface area contributed by atoms with Crippen LogP contribution in [0.3, 0.4) is 0 Å². The smallest absolute Gasteiger partial charge is 0.185 e. The molecule has 2 aromatic carbocycles. The lowest BCUT2D eigenvalue weighted by Gasteiger charge is -2.07. The van der Waals surface area contributed by atoms with Crippen LogP contribution in [0.1, 0.15) is 37.8 Å². The second-order valence-corrected chi connectivity index (χ2v) is 6.49. The molecule has 2 N–H and O–H groups in total. The highest BCUT2D eigenvalue weighted by Crippen LogP contribution is 2.33. The van der Waals surface area contributed by atoms with Crippen LogP contribution in [0, 0.1) is 0 Å². The fourth-order valence-electron chi connectivity index (χ4n) is 3.16. The Labute approximate surface area is 164 Å². The quantitative estimate of drug-likeness (QED) is 0.709. The molecule has 28 heavy (non-hydrogen) atoms. The number of carbonyl (C=O) groups is 1. The highest BCUT2D eigenvalue weighted by atomic mass is 16.5. The molecule has 1 saturated carbocycles. The molecule has 0 amide bonds. The lowest BCUT2D eigenvalue weighted by atomic mass is 10.1. The Morgan fingerprint density at radius 1 is 0.821 bits per heavy atom. The second kappa shape index (κ2) is 8.65. The summed E-state index contributed by atoms with van der Waals surface area (Å²) >= 11 is 0. The molecule has 1 aliphatic carbocycles. The number of hydrogen-bond acceptors (Lipinski definition) is 5. The van der Waals surface area contributed by atoms with Crippen molar-refractivity contribution in [1.82, 2.24) is 0 Å². The molecule has 1 aliphatic rings. The van der Waals surface area contributed by atoms with Crippen molar-refractivity contribution < 1.29 is 24.5 Å². The van der Waals surface area contributed by atoms with E-state index in [9.17, 15) is 15.0 Å². The Hall–Kier alpha value is -3.21. The van der Waals surface area contributed by atoms with Gasteiger partial charge in [-0.25, -0.2) is 0 Å². The maximum atomic E-state index is 12.8. The molecular formula is C23H24O5. The molecule has 0 spiro atoms. The van der Waals surface area contributed by atoms with E-state index in [1.165, 1.54) is 0 Å². The van der Waals surface area contributed by atoms with E-state index < -0.39 is 0 Å². The van der Waals surface area contributed by atoms with Crippen LogP contribution in [0.5, 0.6) is 23.0 Å². The number of aromatic hydroxyl groups is 2. The Kier molecular flexibility index (Phi) is 6.04. The SMILES string of the molecule is CCOc1cc(C=C2CCC(=Cc3ccc(O)c(OCC)c3)C2=O)ccc1O. The van der Waals surface area contributed by atoms with Crippen molar-refractivity contribution in [2.24, 2.45) is 0 Å². The van der Waals surface area contributed by atoms with E-state index in [-0.39, 0.29) is 17.3 Å². The van der Waals surface area contributed by atoms with Gasteiger partial charge in [-0.05, 0) is 74.2 Å². The minimum absolute atomic E-state index is 0.0112. The van der Waals surface area contributed by atoms with Gasteiger partial charge in [0, 0.05) is 11.1 Å². The predicted molar refractivity (Wildman–Crippen MR) is 109 cm³/mol. The number of phenolic OH excluding ortho intramolecular Hbond substituents is 2. The summed E-state index contributed by atoms with van der Waals surface area (Å²) in [5, 5.41) is 19.6. The fourth-order valence-corrected chi connectivity index (χ4v) is 3.16. The van der Waals surface area contributed by atoms with Gasteiger partial charge in [-0.3, -0.25) is 4.79 Å². The maximum Gasteiger partial charge on any atom is 0.185 e. The number of allylic oxidation sites excluding steroid dienone is 2. The van der Waals surface area contributed by atoms with Gasteiger partial charge in [0.1, 0.15) is 0 Å². The maximum absolute atomic E-state index is 12.8. The summed E-state index contributed by atoms with van der Waals surface area (Å²) < 4.78 is 10.8. The first-order valence-corrected chi connectivity index (χ1v) is 9.39. The zero-order chi connectivity index (χ0) is 20.1. The van der Waals surface area contributed by atoms with Gasteiger partial charge < -0.3 is 19.7 Å². The van der Waals surface area contributed by atoms with Crippen LogP contribution in [-0.2, 0) is 4.79 Å². The third-order valence-corrected chi connectivity index (χ3v) is 4.50. The number of ketones is 1. The average molecular weight is 380 g/mol. The van der Waals surface area contributed by atoms with E-state index in [2.05, 4.69) is 0 Å². The summed E-state index contributed by atoms with van der Waals surface area (Å²) in [4.78, 5) is 12.8. The highest BCUT2D eigenvalue weighted by molar-refractivity contribution is 6.15. The number of hydrogen-bond donors (Lipinski definition) is 2. The third-order valence-electron chi connectivity index (χ3n) is 4.50. The summed E-state index contributed by atoms with van der Waals surface area (Å²) in [6.45, 7) is 4.61. The molecule has 146 valence electrons.